The summed E-state index contributed by atoms with van der Waals surface area (Å²) in [5.41, 5.74) is 13.5. The summed E-state index contributed by atoms with van der Waals surface area (Å²) in [5, 5.41) is 0. The zero-order chi connectivity index (χ0) is 14.8. The first-order valence-corrected chi connectivity index (χ1v) is 7.06. The van der Waals surface area contributed by atoms with Gasteiger partial charge in [0, 0.05) is 17.3 Å². The second-order valence-corrected chi connectivity index (χ2v) is 6.91. The molecule has 20 heavy (non-hydrogen) atoms. The van der Waals surface area contributed by atoms with E-state index in [0.717, 1.165) is 24.0 Å². The molecule has 108 valence electrons. The fourth-order valence-electron chi connectivity index (χ4n) is 2.46. The Morgan fingerprint density at radius 2 is 1.70 bits per heavy atom. The Bertz CT molecular complexity index is 539. The summed E-state index contributed by atoms with van der Waals surface area (Å²) in [5.74, 6) is 0. The minimum atomic E-state index is -0.510. The molecule has 1 saturated carbocycles. The maximum atomic E-state index is 6.31. The molecule has 2 heterocycles. The summed E-state index contributed by atoms with van der Waals surface area (Å²) in [6, 6.07) is 1.77. The van der Waals surface area contributed by atoms with Crippen LogP contribution < -0.4 is 16.9 Å². The molecular weight excluding hydrogens is 253 g/mol. The summed E-state index contributed by atoms with van der Waals surface area (Å²) in [6.07, 6.45) is 3.55. The lowest BCUT2D eigenvalue weighted by molar-refractivity contribution is 0.00578. The number of anilines is 1. The number of nitrogen functional groups attached to an aromatic ring is 1. The standard InChI is InChI=1S/C14H22BN3O2/c1-12(2)13(3,4)20-15(19-12)10-9(16)5-8-18-11(10)14(17)6-7-14/h5,8H,6-7,17H2,1-4H3,(H2,16,18). The fourth-order valence-corrected chi connectivity index (χ4v) is 2.46. The summed E-state index contributed by atoms with van der Waals surface area (Å²) >= 11 is 0. The number of pyridine rings is 1. The van der Waals surface area contributed by atoms with Crippen LogP contribution in [0.2, 0.25) is 0 Å². The average Bonchev–Trinajstić information content (AvgIpc) is 3.01. The molecule has 1 aromatic rings. The van der Waals surface area contributed by atoms with Crippen LogP contribution in [0.4, 0.5) is 5.69 Å². The Kier molecular flexibility index (Phi) is 2.75. The zero-order valence-corrected chi connectivity index (χ0v) is 12.6. The van der Waals surface area contributed by atoms with Gasteiger partial charge in [-0.05, 0) is 46.6 Å². The van der Waals surface area contributed by atoms with Gasteiger partial charge in [-0.15, -0.1) is 0 Å². The smallest absolute Gasteiger partial charge is 0.399 e. The number of nitrogens with zero attached hydrogens (tertiary/aromatic N) is 1. The van der Waals surface area contributed by atoms with Gasteiger partial charge in [-0.3, -0.25) is 4.98 Å². The minimum absolute atomic E-state index is 0.367. The Labute approximate surface area is 120 Å². The van der Waals surface area contributed by atoms with Crippen molar-refractivity contribution in [1.82, 2.24) is 4.98 Å². The molecule has 0 atom stereocenters. The summed E-state index contributed by atoms with van der Waals surface area (Å²) in [4.78, 5) is 4.45. The highest BCUT2D eigenvalue weighted by Crippen LogP contribution is 2.43. The van der Waals surface area contributed by atoms with Crippen LogP contribution in [0.5, 0.6) is 0 Å². The molecule has 0 aromatic carbocycles. The third kappa shape index (κ3) is 1.94. The molecule has 5 nitrogen and oxygen atoms in total. The quantitative estimate of drug-likeness (QED) is 0.784. The van der Waals surface area contributed by atoms with Crippen LogP contribution >= 0.6 is 0 Å². The van der Waals surface area contributed by atoms with Crippen LogP contribution in [-0.4, -0.2) is 23.3 Å². The minimum Gasteiger partial charge on any atom is -0.399 e. The van der Waals surface area contributed by atoms with Gasteiger partial charge in [-0.1, -0.05) is 0 Å². The predicted molar refractivity (Wildman–Crippen MR) is 79.5 cm³/mol. The van der Waals surface area contributed by atoms with Crippen LogP contribution in [0.3, 0.4) is 0 Å². The molecule has 0 radical (unpaired) electrons. The van der Waals surface area contributed by atoms with Gasteiger partial charge in [-0.2, -0.15) is 0 Å². The molecule has 3 rings (SSSR count). The molecule has 0 unspecified atom stereocenters. The molecule has 6 heteroatoms. The highest BCUT2D eigenvalue weighted by atomic mass is 16.7. The normalized spacial score (nSPS) is 25.8. The number of aromatic nitrogens is 1. The molecular formula is C14H22BN3O2. The third-order valence-corrected chi connectivity index (χ3v) is 4.77. The van der Waals surface area contributed by atoms with E-state index in [1.807, 2.05) is 27.7 Å². The Hall–Kier alpha value is -1.11. The topological polar surface area (TPSA) is 83.4 Å². The molecule has 1 saturated heterocycles. The van der Waals surface area contributed by atoms with Gasteiger partial charge in [0.05, 0.1) is 22.4 Å². The van der Waals surface area contributed by atoms with Crippen molar-refractivity contribution in [2.24, 2.45) is 5.73 Å². The first-order chi connectivity index (χ1) is 9.16. The van der Waals surface area contributed by atoms with Crippen molar-refractivity contribution in [2.45, 2.75) is 57.3 Å². The fraction of sp³-hybridized carbons (Fsp3) is 0.643. The summed E-state index contributed by atoms with van der Waals surface area (Å²) in [7, 11) is -0.510. The van der Waals surface area contributed by atoms with Crippen LogP contribution in [0, 0.1) is 0 Å². The molecule has 0 amide bonds. The van der Waals surface area contributed by atoms with Crippen molar-refractivity contribution in [3.63, 3.8) is 0 Å². The van der Waals surface area contributed by atoms with Crippen molar-refractivity contribution in [3.05, 3.63) is 18.0 Å². The van der Waals surface area contributed by atoms with E-state index < -0.39 is 18.3 Å². The van der Waals surface area contributed by atoms with E-state index >= 15 is 0 Å². The first-order valence-electron chi connectivity index (χ1n) is 7.06. The van der Waals surface area contributed by atoms with Crippen molar-refractivity contribution >= 4 is 18.3 Å². The van der Waals surface area contributed by atoms with E-state index in [1.54, 1.807) is 12.3 Å². The summed E-state index contributed by atoms with van der Waals surface area (Å²) in [6.45, 7) is 8.09. The van der Waals surface area contributed by atoms with Gasteiger partial charge in [0.1, 0.15) is 0 Å². The SMILES string of the molecule is CC1(C)OB(c2c(N)ccnc2C2(N)CC2)OC1(C)C. The molecule has 2 fully saturated rings. The highest BCUT2D eigenvalue weighted by Gasteiger charge is 2.55. The van der Waals surface area contributed by atoms with Gasteiger partial charge in [0.25, 0.3) is 0 Å². The number of hydrogen-bond acceptors (Lipinski definition) is 5. The highest BCUT2D eigenvalue weighted by molar-refractivity contribution is 6.64. The zero-order valence-electron chi connectivity index (χ0n) is 12.6. The number of nitrogens with two attached hydrogens (primary N) is 2. The lowest BCUT2D eigenvalue weighted by Gasteiger charge is -2.32. The molecule has 0 spiro atoms. The maximum absolute atomic E-state index is 6.31. The van der Waals surface area contributed by atoms with Crippen LogP contribution in [0.25, 0.3) is 0 Å². The van der Waals surface area contributed by atoms with Crippen LogP contribution in [-0.2, 0) is 14.8 Å². The van der Waals surface area contributed by atoms with Crippen LogP contribution in [0.1, 0.15) is 46.2 Å². The lowest BCUT2D eigenvalue weighted by Crippen LogP contribution is -2.43. The molecule has 1 aliphatic carbocycles. The van der Waals surface area contributed by atoms with E-state index in [9.17, 15) is 0 Å². The van der Waals surface area contributed by atoms with Crippen LogP contribution in [0.15, 0.2) is 12.3 Å². The Balaban J connectivity index is 2.04. The van der Waals surface area contributed by atoms with Gasteiger partial charge < -0.3 is 20.8 Å². The number of hydrogen-bond donors (Lipinski definition) is 2. The van der Waals surface area contributed by atoms with E-state index in [-0.39, 0.29) is 5.54 Å². The van der Waals surface area contributed by atoms with E-state index in [1.165, 1.54) is 0 Å². The van der Waals surface area contributed by atoms with E-state index in [4.69, 9.17) is 20.8 Å². The van der Waals surface area contributed by atoms with E-state index in [0.29, 0.717) is 5.69 Å². The first kappa shape index (κ1) is 13.9. The van der Waals surface area contributed by atoms with Crippen molar-refractivity contribution in [1.29, 1.82) is 0 Å². The predicted octanol–water partition coefficient (Wildman–Crippen LogP) is 0.911. The summed E-state index contributed by atoms with van der Waals surface area (Å²) < 4.78 is 12.2. The molecule has 2 aliphatic rings. The Morgan fingerprint density at radius 1 is 1.15 bits per heavy atom. The van der Waals surface area contributed by atoms with Gasteiger partial charge >= 0.3 is 7.12 Å². The largest absolute Gasteiger partial charge is 0.498 e. The van der Waals surface area contributed by atoms with Crippen molar-refractivity contribution in [3.8, 4) is 0 Å². The number of rotatable bonds is 2. The van der Waals surface area contributed by atoms with Crippen molar-refractivity contribution in [2.75, 3.05) is 5.73 Å². The molecule has 4 N–H and O–H groups in total. The molecule has 1 aliphatic heterocycles. The lowest BCUT2D eigenvalue weighted by atomic mass is 9.75. The van der Waals surface area contributed by atoms with Gasteiger partial charge in [-0.25, -0.2) is 0 Å². The van der Waals surface area contributed by atoms with E-state index in [2.05, 4.69) is 4.98 Å². The van der Waals surface area contributed by atoms with Crippen molar-refractivity contribution < 1.29 is 9.31 Å². The van der Waals surface area contributed by atoms with Gasteiger partial charge in [0.2, 0.25) is 0 Å². The Morgan fingerprint density at radius 3 is 2.20 bits per heavy atom. The average molecular weight is 275 g/mol. The molecule has 1 aromatic heterocycles. The second kappa shape index (κ2) is 3.96. The second-order valence-electron chi connectivity index (χ2n) is 6.91. The monoisotopic (exact) mass is 275 g/mol. The molecule has 0 bridgehead atoms. The third-order valence-electron chi connectivity index (χ3n) is 4.77. The van der Waals surface area contributed by atoms with Gasteiger partial charge in [0.15, 0.2) is 0 Å². The maximum Gasteiger partial charge on any atom is 0.498 e.